The normalized spacial score (nSPS) is 11.1. The van der Waals surface area contributed by atoms with E-state index in [1.54, 1.807) is 10.9 Å². The lowest BCUT2D eigenvalue weighted by Crippen LogP contribution is -2.23. The second-order valence-electron chi connectivity index (χ2n) is 6.85. The van der Waals surface area contributed by atoms with Crippen LogP contribution in [0.4, 0.5) is 0 Å². The minimum Gasteiger partial charge on any atom is -0.347 e. The van der Waals surface area contributed by atoms with Gasteiger partial charge in [-0.2, -0.15) is 0 Å². The van der Waals surface area contributed by atoms with Gasteiger partial charge in [-0.25, -0.2) is 4.98 Å². The van der Waals surface area contributed by atoms with Crippen molar-refractivity contribution in [2.75, 3.05) is 0 Å². The summed E-state index contributed by atoms with van der Waals surface area (Å²) in [6.45, 7) is 7.13. The Bertz CT molecular complexity index is 1000. The van der Waals surface area contributed by atoms with Gasteiger partial charge >= 0.3 is 0 Å². The van der Waals surface area contributed by atoms with Crippen molar-refractivity contribution in [3.8, 4) is 0 Å². The Morgan fingerprint density at radius 3 is 2.63 bits per heavy atom. The quantitative estimate of drug-likeness (QED) is 0.622. The summed E-state index contributed by atoms with van der Waals surface area (Å²) in [5, 5.41) is 3.52. The maximum Gasteiger partial charge on any atom is 0.262 e. The lowest BCUT2D eigenvalue weighted by molar-refractivity contribution is 0.0954. The molecule has 0 radical (unpaired) electrons. The number of fused-ring (bicyclic) bond motifs is 1. The van der Waals surface area contributed by atoms with Crippen LogP contribution < -0.4 is 10.9 Å². The molecule has 3 aromatic rings. The second kappa shape index (κ2) is 8.48. The average molecular weight is 384 g/mol. The summed E-state index contributed by atoms with van der Waals surface area (Å²) >= 11 is 1.28. The molecule has 2 aromatic heterocycles. The highest BCUT2D eigenvalue weighted by Gasteiger charge is 2.19. The lowest BCUT2D eigenvalue weighted by Gasteiger charge is -2.05. The first-order valence-electron chi connectivity index (χ1n) is 9.33. The van der Waals surface area contributed by atoms with E-state index in [4.69, 9.17) is 0 Å². The highest BCUT2D eigenvalue weighted by Crippen LogP contribution is 2.26. The van der Waals surface area contributed by atoms with Crippen LogP contribution >= 0.6 is 11.3 Å². The zero-order valence-corrected chi connectivity index (χ0v) is 16.9. The van der Waals surface area contributed by atoms with E-state index in [9.17, 15) is 9.59 Å². The zero-order valence-electron chi connectivity index (χ0n) is 16.0. The van der Waals surface area contributed by atoms with E-state index in [0.29, 0.717) is 28.2 Å². The van der Waals surface area contributed by atoms with Gasteiger partial charge in [-0.15, -0.1) is 11.3 Å². The Labute approximate surface area is 163 Å². The number of carbonyl (C=O) groups excluding carboxylic acids is 1. The van der Waals surface area contributed by atoms with Crippen LogP contribution in [-0.4, -0.2) is 15.5 Å². The predicted molar refractivity (Wildman–Crippen MR) is 110 cm³/mol. The molecule has 5 nitrogen and oxygen atoms in total. The number of aromatic nitrogens is 2. The van der Waals surface area contributed by atoms with E-state index in [0.717, 1.165) is 30.4 Å². The Morgan fingerprint density at radius 2 is 1.93 bits per heavy atom. The van der Waals surface area contributed by atoms with Gasteiger partial charge < -0.3 is 5.32 Å². The predicted octanol–water partition coefficient (Wildman–Crippen LogP) is 4.20. The van der Waals surface area contributed by atoms with Gasteiger partial charge in [0, 0.05) is 13.1 Å². The summed E-state index contributed by atoms with van der Waals surface area (Å²) in [6, 6.07) is 8.06. The number of rotatable bonds is 7. The Kier molecular flexibility index (Phi) is 6.06. The highest BCUT2D eigenvalue weighted by atomic mass is 32.1. The molecule has 2 heterocycles. The first-order valence-corrected chi connectivity index (χ1v) is 10.1. The van der Waals surface area contributed by atoms with E-state index in [2.05, 4.69) is 17.2 Å². The molecule has 0 saturated carbocycles. The van der Waals surface area contributed by atoms with Crippen LogP contribution in [0, 0.1) is 13.8 Å². The fourth-order valence-electron chi connectivity index (χ4n) is 3.04. The molecule has 0 bridgehead atoms. The van der Waals surface area contributed by atoms with Crippen molar-refractivity contribution in [1.29, 1.82) is 0 Å². The van der Waals surface area contributed by atoms with Crippen molar-refractivity contribution < 1.29 is 4.79 Å². The second-order valence-corrected chi connectivity index (χ2v) is 7.85. The van der Waals surface area contributed by atoms with Crippen LogP contribution in [0.15, 0.2) is 35.4 Å². The topological polar surface area (TPSA) is 64.0 Å². The van der Waals surface area contributed by atoms with Gasteiger partial charge in [0.25, 0.3) is 11.5 Å². The number of nitrogens with zero attached hydrogens (tertiary/aromatic N) is 2. The monoisotopic (exact) mass is 383 g/mol. The number of benzene rings is 1. The fourth-order valence-corrected chi connectivity index (χ4v) is 4.09. The van der Waals surface area contributed by atoms with Crippen molar-refractivity contribution in [2.24, 2.45) is 0 Å². The molecular formula is C21H25N3O2S. The van der Waals surface area contributed by atoms with Gasteiger partial charge in [-0.3, -0.25) is 14.2 Å². The number of thiophene rings is 1. The Hall–Kier alpha value is -2.47. The third-order valence-electron chi connectivity index (χ3n) is 4.70. The molecule has 1 amide bonds. The number of unbranched alkanes of at least 4 members (excludes halogenated alkanes) is 2. The third kappa shape index (κ3) is 4.27. The highest BCUT2D eigenvalue weighted by molar-refractivity contribution is 7.20. The molecule has 6 heteroatoms. The average Bonchev–Trinajstić information content (AvgIpc) is 3.00. The molecule has 0 aliphatic rings. The van der Waals surface area contributed by atoms with Crippen molar-refractivity contribution in [3.63, 3.8) is 0 Å². The smallest absolute Gasteiger partial charge is 0.262 e. The standard InChI is InChI=1S/C21H25N3O2S/c1-4-5-6-11-24-13-23-20-17(21(24)26)15(3)18(27-20)19(25)22-12-16-9-7-14(2)8-10-16/h7-10,13H,4-6,11-12H2,1-3H3,(H,22,25). The van der Waals surface area contributed by atoms with Gasteiger partial charge in [0.05, 0.1) is 16.6 Å². The summed E-state index contributed by atoms with van der Waals surface area (Å²) in [5.74, 6) is -0.159. The van der Waals surface area contributed by atoms with Crippen LogP contribution in [0.3, 0.4) is 0 Å². The molecule has 0 aliphatic heterocycles. The van der Waals surface area contributed by atoms with Gasteiger partial charge in [-0.1, -0.05) is 49.6 Å². The molecule has 142 valence electrons. The minimum atomic E-state index is -0.159. The number of nitrogens with one attached hydrogen (secondary N) is 1. The third-order valence-corrected chi connectivity index (χ3v) is 5.90. The molecule has 0 saturated heterocycles. The SMILES string of the molecule is CCCCCn1cnc2sc(C(=O)NCc3ccc(C)cc3)c(C)c2c1=O. The summed E-state index contributed by atoms with van der Waals surface area (Å²) in [5.41, 5.74) is 2.90. The largest absolute Gasteiger partial charge is 0.347 e. The molecule has 0 spiro atoms. The van der Waals surface area contributed by atoms with E-state index in [1.165, 1.54) is 16.9 Å². The van der Waals surface area contributed by atoms with E-state index in [1.807, 2.05) is 38.1 Å². The lowest BCUT2D eigenvalue weighted by atomic mass is 10.1. The molecular weight excluding hydrogens is 358 g/mol. The van der Waals surface area contributed by atoms with Gasteiger partial charge in [0.15, 0.2) is 0 Å². The maximum absolute atomic E-state index is 12.8. The van der Waals surface area contributed by atoms with Crippen LogP contribution in [-0.2, 0) is 13.1 Å². The molecule has 0 atom stereocenters. The molecule has 1 N–H and O–H groups in total. The number of hydrogen-bond acceptors (Lipinski definition) is 4. The van der Waals surface area contributed by atoms with E-state index < -0.39 is 0 Å². The summed E-state index contributed by atoms with van der Waals surface area (Å²) in [4.78, 5) is 31.0. The van der Waals surface area contributed by atoms with Gasteiger partial charge in [-0.05, 0) is 31.4 Å². The Balaban J connectivity index is 1.81. The summed E-state index contributed by atoms with van der Waals surface area (Å²) in [6.07, 6.45) is 4.74. The molecule has 3 rings (SSSR count). The number of amides is 1. The van der Waals surface area contributed by atoms with Crippen LogP contribution in [0.2, 0.25) is 0 Å². The van der Waals surface area contributed by atoms with E-state index in [-0.39, 0.29) is 11.5 Å². The van der Waals surface area contributed by atoms with Crippen molar-refractivity contribution >= 4 is 27.5 Å². The first kappa shape index (κ1) is 19.3. The molecule has 0 fully saturated rings. The van der Waals surface area contributed by atoms with Crippen molar-refractivity contribution in [1.82, 2.24) is 14.9 Å². The first-order chi connectivity index (χ1) is 13.0. The van der Waals surface area contributed by atoms with Gasteiger partial charge in [0.1, 0.15) is 4.83 Å². The van der Waals surface area contributed by atoms with Crippen LogP contribution in [0.25, 0.3) is 10.2 Å². The molecule has 0 aliphatic carbocycles. The number of aryl methyl sites for hydroxylation is 3. The van der Waals surface area contributed by atoms with Gasteiger partial charge in [0.2, 0.25) is 0 Å². The summed E-state index contributed by atoms with van der Waals surface area (Å²) < 4.78 is 1.66. The van der Waals surface area contributed by atoms with Crippen molar-refractivity contribution in [3.05, 3.63) is 62.5 Å². The summed E-state index contributed by atoms with van der Waals surface area (Å²) in [7, 11) is 0. The van der Waals surface area contributed by atoms with Crippen LogP contribution in [0.1, 0.15) is 52.5 Å². The van der Waals surface area contributed by atoms with Crippen LogP contribution in [0.5, 0.6) is 0 Å². The zero-order chi connectivity index (χ0) is 19.4. The molecule has 0 unspecified atom stereocenters. The number of carbonyl (C=O) groups is 1. The van der Waals surface area contributed by atoms with Crippen molar-refractivity contribution in [2.45, 2.75) is 53.1 Å². The molecule has 27 heavy (non-hydrogen) atoms. The molecule has 1 aromatic carbocycles. The maximum atomic E-state index is 12.8. The number of hydrogen-bond donors (Lipinski definition) is 1. The minimum absolute atomic E-state index is 0.0533. The Morgan fingerprint density at radius 1 is 1.19 bits per heavy atom. The van der Waals surface area contributed by atoms with E-state index >= 15 is 0 Å². The fraction of sp³-hybridized carbons (Fsp3) is 0.381.